The fraction of sp³-hybridized carbons (Fsp3) is 0.308. The molecule has 1 fully saturated rings. The van der Waals surface area contributed by atoms with Gasteiger partial charge in [-0.25, -0.2) is 0 Å². The Hall–Kier alpha value is -1.13. The van der Waals surface area contributed by atoms with Gasteiger partial charge in [-0.05, 0) is 24.1 Å². The first-order valence-electron chi connectivity index (χ1n) is 5.59. The van der Waals surface area contributed by atoms with E-state index in [0.717, 1.165) is 28.7 Å². The lowest BCUT2D eigenvalue weighted by Gasteiger charge is -2.21. The van der Waals surface area contributed by atoms with Crippen LogP contribution in [-0.2, 0) is 11.3 Å². The molecule has 0 unspecified atom stereocenters. The first-order chi connectivity index (χ1) is 8.18. The minimum atomic E-state index is 0.0252. The number of halogens is 1. The van der Waals surface area contributed by atoms with E-state index >= 15 is 0 Å². The molecule has 1 aromatic carbocycles. The second-order valence-electron chi connectivity index (χ2n) is 4.11. The molecule has 0 bridgehead atoms. The Morgan fingerprint density at radius 3 is 2.71 bits per heavy atom. The highest BCUT2D eigenvalue weighted by Crippen LogP contribution is 2.16. The van der Waals surface area contributed by atoms with Crippen molar-refractivity contribution in [2.75, 3.05) is 13.1 Å². The van der Waals surface area contributed by atoms with Crippen molar-refractivity contribution < 1.29 is 4.79 Å². The highest BCUT2D eigenvalue weighted by Gasteiger charge is 2.15. The number of nitrogens with one attached hydrogen (secondary N) is 2. The molecule has 0 atom stereocenters. The summed E-state index contributed by atoms with van der Waals surface area (Å²) < 4.78 is 1.02. The van der Waals surface area contributed by atoms with Gasteiger partial charge in [0.2, 0.25) is 5.91 Å². The van der Waals surface area contributed by atoms with E-state index in [2.05, 4.69) is 26.6 Å². The van der Waals surface area contributed by atoms with Crippen molar-refractivity contribution in [3.63, 3.8) is 0 Å². The van der Waals surface area contributed by atoms with Crippen LogP contribution in [0.5, 0.6) is 0 Å². The predicted molar refractivity (Wildman–Crippen MR) is 71.6 cm³/mol. The summed E-state index contributed by atoms with van der Waals surface area (Å²) in [6.07, 6.45) is 0. The molecule has 1 aliphatic rings. The summed E-state index contributed by atoms with van der Waals surface area (Å²) in [7, 11) is 0. The molecule has 2 rings (SSSR count). The molecule has 1 aromatic rings. The number of carbonyl (C=O) groups is 1. The van der Waals surface area contributed by atoms with Gasteiger partial charge in [-0.1, -0.05) is 34.1 Å². The maximum Gasteiger partial charge on any atom is 0.247 e. The Bertz CT molecular complexity index is 462. The Morgan fingerprint density at radius 1 is 1.41 bits per heavy atom. The third-order valence-electron chi connectivity index (χ3n) is 2.94. The van der Waals surface area contributed by atoms with E-state index in [9.17, 15) is 4.79 Å². The van der Waals surface area contributed by atoms with Crippen LogP contribution in [0, 0.1) is 0 Å². The van der Waals surface area contributed by atoms with Gasteiger partial charge in [0.25, 0.3) is 0 Å². The number of hydrogen-bond donors (Lipinski definition) is 2. The van der Waals surface area contributed by atoms with Gasteiger partial charge in [-0.15, -0.1) is 0 Å². The molecule has 90 valence electrons. The lowest BCUT2D eigenvalue weighted by atomic mass is 10.0. The number of rotatable bonds is 3. The summed E-state index contributed by atoms with van der Waals surface area (Å²) in [6, 6.07) is 7.90. The zero-order valence-electron chi connectivity index (χ0n) is 9.72. The fourth-order valence-electron chi connectivity index (χ4n) is 1.63. The smallest absolute Gasteiger partial charge is 0.247 e. The summed E-state index contributed by atoms with van der Waals surface area (Å²) in [6.45, 7) is 4.12. The minimum absolute atomic E-state index is 0.0252. The molecular weight excluding hydrogens is 280 g/mol. The zero-order chi connectivity index (χ0) is 12.3. The van der Waals surface area contributed by atoms with Gasteiger partial charge < -0.3 is 10.6 Å². The zero-order valence-corrected chi connectivity index (χ0v) is 11.3. The van der Waals surface area contributed by atoms with Gasteiger partial charge >= 0.3 is 0 Å². The minimum Gasteiger partial charge on any atom is -0.348 e. The lowest BCUT2D eigenvalue weighted by Crippen LogP contribution is -2.37. The molecule has 4 heteroatoms. The summed E-state index contributed by atoms with van der Waals surface area (Å²) in [5.74, 6) is 0.0252. The number of amides is 1. The van der Waals surface area contributed by atoms with E-state index in [1.54, 1.807) is 0 Å². The molecule has 1 amide bonds. The van der Waals surface area contributed by atoms with E-state index < -0.39 is 0 Å². The number of benzene rings is 1. The molecule has 17 heavy (non-hydrogen) atoms. The first kappa shape index (κ1) is 12.3. The quantitative estimate of drug-likeness (QED) is 0.837. The Balaban J connectivity index is 1.95. The van der Waals surface area contributed by atoms with Gasteiger partial charge in [0.15, 0.2) is 0 Å². The molecule has 1 heterocycles. The van der Waals surface area contributed by atoms with Crippen LogP contribution in [0.4, 0.5) is 0 Å². The SMILES string of the molecule is CC(C(=O)NCc1ccccc1Br)=C1CNC1. The average molecular weight is 295 g/mol. The standard InChI is InChI=1S/C13H15BrN2O/c1-9(11-6-15-7-11)13(17)16-8-10-4-2-3-5-12(10)14/h2-5,15H,6-8H2,1H3,(H,16,17). The van der Waals surface area contributed by atoms with Crippen LogP contribution in [0.2, 0.25) is 0 Å². The van der Waals surface area contributed by atoms with E-state index in [0.29, 0.717) is 6.54 Å². The van der Waals surface area contributed by atoms with E-state index in [1.165, 1.54) is 5.57 Å². The van der Waals surface area contributed by atoms with Crippen LogP contribution in [-0.4, -0.2) is 19.0 Å². The second kappa shape index (κ2) is 5.47. The molecule has 1 saturated heterocycles. The highest BCUT2D eigenvalue weighted by molar-refractivity contribution is 9.10. The Labute approximate surface area is 109 Å². The van der Waals surface area contributed by atoms with Gasteiger partial charge in [0.1, 0.15) is 0 Å². The first-order valence-corrected chi connectivity index (χ1v) is 6.38. The van der Waals surface area contributed by atoms with Crippen LogP contribution >= 0.6 is 15.9 Å². The molecule has 2 N–H and O–H groups in total. The Kier molecular flexibility index (Phi) is 3.97. The largest absolute Gasteiger partial charge is 0.348 e. The van der Waals surface area contributed by atoms with Gasteiger partial charge in [-0.3, -0.25) is 4.79 Å². The Morgan fingerprint density at radius 2 is 2.12 bits per heavy atom. The normalized spacial score (nSPS) is 14.1. The van der Waals surface area contributed by atoms with Crippen LogP contribution in [0.25, 0.3) is 0 Å². The average Bonchev–Trinajstić information content (AvgIpc) is 2.25. The molecule has 0 aromatic heterocycles. The summed E-state index contributed by atoms with van der Waals surface area (Å²) >= 11 is 3.46. The third kappa shape index (κ3) is 2.96. The van der Waals surface area contributed by atoms with Crippen molar-refractivity contribution >= 4 is 21.8 Å². The van der Waals surface area contributed by atoms with E-state index in [4.69, 9.17) is 0 Å². The molecule has 3 nitrogen and oxygen atoms in total. The predicted octanol–water partition coefficient (Wildman–Crippen LogP) is 1.98. The third-order valence-corrected chi connectivity index (χ3v) is 3.72. The van der Waals surface area contributed by atoms with Gasteiger partial charge in [0, 0.05) is 29.7 Å². The molecule has 1 aliphatic heterocycles. The molecular formula is C13H15BrN2O. The van der Waals surface area contributed by atoms with E-state index in [-0.39, 0.29) is 5.91 Å². The lowest BCUT2D eigenvalue weighted by molar-refractivity contribution is -0.117. The summed E-state index contributed by atoms with van der Waals surface area (Å²) in [5, 5.41) is 6.07. The van der Waals surface area contributed by atoms with Gasteiger partial charge in [0.05, 0.1) is 0 Å². The van der Waals surface area contributed by atoms with Gasteiger partial charge in [-0.2, -0.15) is 0 Å². The van der Waals surface area contributed by atoms with Crippen LogP contribution < -0.4 is 10.6 Å². The molecule has 0 aliphatic carbocycles. The summed E-state index contributed by atoms with van der Waals surface area (Å²) in [4.78, 5) is 11.8. The maximum atomic E-state index is 11.8. The maximum absolute atomic E-state index is 11.8. The van der Waals surface area contributed by atoms with Crippen molar-refractivity contribution in [1.29, 1.82) is 0 Å². The molecule has 0 saturated carbocycles. The van der Waals surface area contributed by atoms with Crippen LogP contribution in [0.1, 0.15) is 12.5 Å². The van der Waals surface area contributed by atoms with Crippen molar-refractivity contribution in [3.8, 4) is 0 Å². The summed E-state index contributed by atoms with van der Waals surface area (Å²) in [5.41, 5.74) is 3.14. The molecule has 0 radical (unpaired) electrons. The van der Waals surface area contributed by atoms with Crippen molar-refractivity contribution in [3.05, 3.63) is 45.4 Å². The molecule has 0 spiro atoms. The van der Waals surface area contributed by atoms with Crippen molar-refractivity contribution in [1.82, 2.24) is 10.6 Å². The van der Waals surface area contributed by atoms with Crippen molar-refractivity contribution in [2.45, 2.75) is 13.5 Å². The van der Waals surface area contributed by atoms with Crippen LogP contribution in [0.15, 0.2) is 39.9 Å². The van der Waals surface area contributed by atoms with E-state index in [1.807, 2.05) is 31.2 Å². The topological polar surface area (TPSA) is 41.1 Å². The van der Waals surface area contributed by atoms with Crippen molar-refractivity contribution in [2.24, 2.45) is 0 Å². The fourth-order valence-corrected chi connectivity index (χ4v) is 2.05. The number of hydrogen-bond acceptors (Lipinski definition) is 2. The second-order valence-corrected chi connectivity index (χ2v) is 4.96. The monoisotopic (exact) mass is 294 g/mol. The van der Waals surface area contributed by atoms with Crippen LogP contribution in [0.3, 0.4) is 0 Å². The highest BCUT2D eigenvalue weighted by atomic mass is 79.9. The number of carbonyl (C=O) groups excluding carboxylic acids is 1.